The van der Waals surface area contributed by atoms with Gasteiger partial charge in [-0.2, -0.15) is 0 Å². The second kappa shape index (κ2) is 8.17. The van der Waals surface area contributed by atoms with Crippen LogP contribution in [0, 0.1) is 0 Å². The van der Waals surface area contributed by atoms with Crippen molar-refractivity contribution in [3.05, 3.63) is 53.2 Å². The van der Waals surface area contributed by atoms with Gasteiger partial charge in [-0.05, 0) is 37.1 Å². The molecular weight excluding hydrogens is 408 g/mol. The number of amides is 2. The number of hydrazine groups is 1. The monoisotopic (exact) mass is 426 g/mol. The lowest BCUT2D eigenvalue weighted by Crippen LogP contribution is -2.38. The number of halogens is 1. The van der Waals surface area contributed by atoms with Crippen LogP contribution in [-0.4, -0.2) is 30.5 Å². The second-order valence-electron chi connectivity index (χ2n) is 6.84. The molecule has 3 aromatic rings. The first-order valence-corrected chi connectivity index (χ1v) is 9.62. The zero-order valence-corrected chi connectivity index (χ0v) is 16.8. The van der Waals surface area contributed by atoms with E-state index >= 15 is 0 Å². The van der Waals surface area contributed by atoms with Gasteiger partial charge in [-0.1, -0.05) is 11.6 Å². The molecule has 1 aliphatic carbocycles. The van der Waals surface area contributed by atoms with E-state index in [0.717, 1.165) is 12.8 Å². The molecule has 154 valence electrons. The number of hydrogen-bond donors (Lipinski definition) is 2. The molecule has 4 rings (SSSR count). The molecule has 0 bridgehead atoms. The van der Waals surface area contributed by atoms with Crippen molar-refractivity contribution in [2.75, 3.05) is 12.1 Å². The topological polar surface area (TPSA) is 107 Å². The molecule has 0 radical (unpaired) electrons. The van der Waals surface area contributed by atoms with Crippen LogP contribution >= 0.6 is 11.6 Å². The summed E-state index contributed by atoms with van der Waals surface area (Å²) >= 11 is 6.39. The number of primary amides is 1. The number of carbonyl (C=O) groups excluding carboxylic acids is 2. The van der Waals surface area contributed by atoms with E-state index in [1.807, 2.05) is 0 Å². The molecular formula is C21H19ClN4O4. The van der Waals surface area contributed by atoms with Crippen LogP contribution in [0.25, 0.3) is 10.9 Å². The summed E-state index contributed by atoms with van der Waals surface area (Å²) in [4.78, 5) is 27.5. The Hall–Kier alpha value is -3.36. The van der Waals surface area contributed by atoms with Crippen molar-refractivity contribution in [1.29, 1.82) is 0 Å². The first-order valence-electron chi connectivity index (χ1n) is 9.25. The van der Waals surface area contributed by atoms with Crippen LogP contribution in [-0.2, 0) is 4.79 Å². The van der Waals surface area contributed by atoms with Crippen LogP contribution in [0.2, 0.25) is 5.02 Å². The number of fused-ring (bicyclic) bond motifs is 1. The summed E-state index contributed by atoms with van der Waals surface area (Å²) in [6.45, 7) is 0. The van der Waals surface area contributed by atoms with Crippen molar-refractivity contribution in [3.8, 4) is 17.2 Å². The maximum Gasteiger partial charge on any atom is 0.252 e. The lowest BCUT2D eigenvalue weighted by atomic mass is 10.1. The van der Waals surface area contributed by atoms with Crippen molar-refractivity contribution in [1.82, 2.24) is 10.4 Å². The molecule has 30 heavy (non-hydrogen) atoms. The zero-order chi connectivity index (χ0) is 21.3. The molecule has 1 heterocycles. The first-order chi connectivity index (χ1) is 14.5. The molecule has 1 aliphatic rings. The van der Waals surface area contributed by atoms with Gasteiger partial charge in [-0.3, -0.25) is 14.6 Å². The molecule has 0 unspecified atom stereocenters. The number of aromatic nitrogens is 1. The molecule has 0 spiro atoms. The van der Waals surface area contributed by atoms with E-state index in [4.69, 9.17) is 26.8 Å². The number of carbonyl (C=O) groups is 2. The third-order valence-electron chi connectivity index (χ3n) is 4.70. The average molecular weight is 427 g/mol. The maximum atomic E-state index is 11.8. The Kier molecular flexibility index (Phi) is 5.43. The third kappa shape index (κ3) is 4.00. The number of ether oxygens (including phenoxy) is 2. The SMILES string of the molecule is COc1cc2nccc(Oc3ccc(N(C=O)NC4CC4)c(Cl)c3)c2cc1C(N)=O. The number of anilines is 1. The van der Waals surface area contributed by atoms with E-state index in [9.17, 15) is 9.59 Å². The van der Waals surface area contributed by atoms with Crippen LogP contribution < -0.4 is 25.6 Å². The van der Waals surface area contributed by atoms with Crippen LogP contribution in [0.5, 0.6) is 17.2 Å². The number of pyridine rings is 1. The lowest BCUT2D eigenvalue weighted by Gasteiger charge is -2.20. The normalized spacial score (nSPS) is 13.1. The van der Waals surface area contributed by atoms with Gasteiger partial charge >= 0.3 is 0 Å². The quantitative estimate of drug-likeness (QED) is 0.422. The molecule has 1 fully saturated rings. The second-order valence-corrected chi connectivity index (χ2v) is 7.24. The van der Waals surface area contributed by atoms with Gasteiger partial charge in [0.1, 0.15) is 17.2 Å². The molecule has 1 saturated carbocycles. The van der Waals surface area contributed by atoms with Crippen molar-refractivity contribution in [2.24, 2.45) is 5.73 Å². The van der Waals surface area contributed by atoms with Crippen molar-refractivity contribution >= 4 is 40.5 Å². The highest BCUT2D eigenvalue weighted by Crippen LogP contribution is 2.36. The van der Waals surface area contributed by atoms with Crippen LogP contribution in [0.4, 0.5) is 5.69 Å². The third-order valence-corrected chi connectivity index (χ3v) is 5.00. The molecule has 9 heteroatoms. The summed E-state index contributed by atoms with van der Waals surface area (Å²) in [7, 11) is 1.46. The number of nitrogens with one attached hydrogen (secondary N) is 1. The summed E-state index contributed by atoms with van der Waals surface area (Å²) < 4.78 is 11.2. The van der Waals surface area contributed by atoms with Gasteiger partial charge in [0, 0.05) is 29.8 Å². The summed E-state index contributed by atoms with van der Waals surface area (Å²) in [6.07, 6.45) is 4.33. The molecule has 0 saturated heterocycles. The van der Waals surface area contributed by atoms with Gasteiger partial charge < -0.3 is 15.2 Å². The first kappa shape index (κ1) is 19.9. The minimum Gasteiger partial charge on any atom is -0.496 e. The molecule has 0 atom stereocenters. The van der Waals surface area contributed by atoms with Gasteiger partial charge in [0.05, 0.1) is 28.9 Å². The van der Waals surface area contributed by atoms with Gasteiger partial charge in [-0.25, -0.2) is 10.4 Å². The average Bonchev–Trinajstić information content (AvgIpc) is 3.56. The van der Waals surface area contributed by atoms with Gasteiger partial charge in [0.15, 0.2) is 0 Å². The van der Waals surface area contributed by atoms with Crippen molar-refractivity contribution < 1.29 is 19.1 Å². The molecule has 2 aromatic carbocycles. The molecule has 1 aromatic heterocycles. The maximum absolute atomic E-state index is 11.8. The van der Waals surface area contributed by atoms with Crippen LogP contribution in [0.3, 0.4) is 0 Å². The largest absolute Gasteiger partial charge is 0.496 e. The fraction of sp³-hybridized carbons (Fsp3) is 0.190. The number of rotatable bonds is 8. The van der Waals surface area contributed by atoms with Gasteiger partial charge in [0.2, 0.25) is 6.41 Å². The van der Waals surface area contributed by atoms with E-state index in [1.54, 1.807) is 42.6 Å². The zero-order valence-electron chi connectivity index (χ0n) is 16.1. The lowest BCUT2D eigenvalue weighted by molar-refractivity contribution is -0.108. The van der Waals surface area contributed by atoms with Crippen molar-refractivity contribution in [2.45, 2.75) is 18.9 Å². The highest BCUT2D eigenvalue weighted by Gasteiger charge is 2.24. The number of benzene rings is 2. The highest BCUT2D eigenvalue weighted by molar-refractivity contribution is 6.33. The Morgan fingerprint density at radius 3 is 2.70 bits per heavy atom. The summed E-state index contributed by atoms with van der Waals surface area (Å²) in [5.41, 5.74) is 9.90. The highest BCUT2D eigenvalue weighted by atomic mass is 35.5. The molecule has 8 nitrogen and oxygen atoms in total. The number of methoxy groups -OCH3 is 1. The van der Waals surface area contributed by atoms with Crippen LogP contribution in [0.1, 0.15) is 23.2 Å². The minimum absolute atomic E-state index is 0.226. The Morgan fingerprint density at radius 2 is 2.07 bits per heavy atom. The predicted octanol–water partition coefficient (Wildman–Crippen LogP) is 3.42. The predicted molar refractivity (Wildman–Crippen MR) is 113 cm³/mol. The van der Waals surface area contributed by atoms with E-state index < -0.39 is 5.91 Å². The fourth-order valence-corrected chi connectivity index (χ4v) is 3.30. The minimum atomic E-state index is -0.618. The van der Waals surface area contributed by atoms with E-state index in [-0.39, 0.29) is 5.56 Å². The number of nitrogens with zero attached hydrogens (tertiary/aromatic N) is 2. The fourth-order valence-electron chi connectivity index (χ4n) is 3.04. The Morgan fingerprint density at radius 1 is 1.27 bits per heavy atom. The van der Waals surface area contributed by atoms with Gasteiger partial charge in [0.25, 0.3) is 5.91 Å². The molecule has 3 N–H and O–H groups in total. The van der Waals surface area contributed by atoms with Gasteiger partial charge in [-0.15, -0.1) is 0 Å². The summed E-state index contributed by atoms with van der Waals surface area (Å²) in [6, 6.07) is 10.2. The standard InChI is InChI=1S/C21H19ClN4O4/c1-29-20-10-17-14(9-15(20)21(23)28)19(6-7-24-17)30-13-4-5-18(16(22)8-13)26(11-27)25-12-2-3-12/h4-12,25H,2-3H2,1H3,(H2,23,28). The number of hydrogen-bond acceptors (Lipinski definition) is 6. The Balaban J connectivity index is 1.66. The Bertz CT molecular complexity index is 1130. The van der Waals surface area contributed by atoms with E-state index in [0.29, 0.717) is 51.3 Å². The van der Waals surface area contributed by atoms with E-state index in [2.05, 4.69) is 10.4 Å². The van der Waals surface area contributed by atoms with Crippen molar-refractivity contribution in [3.63, 3.8) is 0 Å². The number of nitrogens with two attached hydrogens (primary N) is 1. The molecule has 2 amide bonds. The smallest absolute Gasteiger partial charge is 0.252 e. The molecule has 0 aliphatic heterocycles. The van der Waals surface area contributed by atoms with Crippen LogP contribution in [0.15, 0.2) is 42.6 Å². The van der Waals surface area contributed by atoms with E-state index in [1.165, 1.54) is 12.1 Å². The Labute approximate surface area is 177 Å². The summed E-state index contributed by atoms with van der Waals surface area (Å²) in [5, 5.41) is 2.32. The summed E-state index contributed by atoms with van der Waals surface area (Å²) in [5.74, 6) is 0.652.